The summed E-state index contributed by atoms with van der Waals surface area (Å²) < 4.78 is 58.5. The number of methoxy groups -OCH3 is 4. The van der Waals surface area contributed by atoms with Gasteiger partial charge in [0, 0.05) is 121 Å². The zero-order valence-electron chi connectivity index (χ0n) is 61.0. The SMILES string of the molecule is CCCCCC1c2cc(c3c(c2OC)CN(Cc2ccccc2)CO3)C(CCCCC)c2cc(c3c(c2OC)CN(Cc2ccccc2)CO3)C(CCCCC)c2cc(c3c(c2OC)CN(Cc2ccccc2)CO3)C(CCCCC)c2cc1c1c(c2OC)CN(Cc2ccccc2)CO1. The van der Waals surface area contributed by atoms with Gasteiger partial charge >= 0.3 is 0 Å². The number of hydrogen-bond acceptors (Lipinski definition) is 12. The highest BCUT2D eigenvalue weighted by Gasteiger charge is 2.42. The minimum absolute atomic E-state index is 0.165. The summed E-state index contributed by atoms with van der Waals surface area (Å²) >= 11 is 0. The molecule has 0 saturated heterocycles. The van der Waals surface area contributed by atoms with E-state index in [0.717, 1.165) is 197 Å². The molecule has 4 aliphatic heterocycles. The van der Waals surface area contributed by atoms with Crippen LogP contribution in [0, 0.1) is 0 Å². The van der Waals surface area contributed by atoms with Crippen molar-refractivity contribution in [1.82, 2.24) is 19.6 Å². The highest BCUT2D eigenvalue weighted by atomic mass is 16.5. The first-order chi connectivity index (χ1) is 49.3. The van der Waals surface area contributed by atoms with Gasteiger partial charge in [-0.2, -0.15) is 0 Å². The Bertz CT molecular complexity index is 3390. The van der Waals surface area contributed by atoms with E-state index in [2.05, 4.69) is 193 Å². The van der Waals surface area contributed by atoms with Crippen LogP contribution in [0.2, 0.25) is 0 Å². The summed E-state index contributed by atoms with van der Waals surface area (Å²) in [4.78, 5) is 9.77. The van der Waals surface area contributed by atoms with Gasteiger partial charge in [0.2, 0.25) is 0 Å². The number of benzene rings is 8. The highest BCUT2D eigenvalue weighted by molar-refractivity contribution is 5.70. The molecule has 0 saturated carbocycles. The van der Waals surface area contributed by atoms with Crippen molar-refractivity contribution in [3.8, 4) is 46.0 Å². The van der Waals surface area contributed by atoms with E-state index in [1.54, 1.807) is 0 Å². The van der Waals surface area contributed by atoms with E-state index in [4.69, 9.17) is 37.9 Å². The van der Waals surface area contributed by atoms with Crippen molar-refractivity contribution in [2.45, 2.75) is 206 Å². The van der Waals surface area contributed by atoms with Crippen LogP contribution >= 0.6 is 0 Å². The minimum Gasteiger partial charge on any atom is -0.496 e. The Morgan fingerprint density at radius 1 is 0.290 bits per heavy atom. The van der Waals surface area contributed by atoms with E-state index < -0.39 is 0 Å². The highest BCUT2D eigenvalue weighted by Crippen LogP contribution is 2.59. The van der Waals surface area contributed by atoms with Crippen molar-refractivity contribution < 1.29 is 37.9 Å². The molecule has 8 aromatic carbocycles. The fourth-order valence-electron chi connectivity index (χ4n) is 17.1. The van der Waals surface area contributed by atoms with Crippen molar-refractivity contribution in [3.05, 3.63) is 235 Å². The van der Waals surface area contributed by atoms with Gasteiger partial charge in [0.15, 0.2) is 0 Å². The topological polar surface area (TPSA) is 86.8 Å². The normalized spacial score (nSPS) is 18.2. The maximum atomic E-state index is 7.50. The van der Waals surface area contributed by atoms with Crippen LogP contribution in [0.1, 0.15) is 243 Å². The molecule has 1 aliphatic carbocycles. The first-order valence-electron chi connectivity index (χ1n) is 37.8. The van der Waals surface area contributed by atoms with Crippen LogP contribution in [0.4, 0.5) is 0 Å². The van der Waals surface area contributed by atoms with Crippen LogP contribution in [0.5, 0.6) is 46.0 Å². The van der Waals surface area contributed by atoms with Gasteiger partial charge in [-0.15, -0.1) is 0 Å². The summed E-state index contributed by atoms with van der Waals surface area (Å²) in [6.07, 6.45) is 16.2. The Hall–Kier alpha value is -8.00. The van der Waals surface area contributed by atoms with E-state index in [9.17, 15) is 0 Å². The van der Waals surface area contributed by atoms with Crippen LogP contribution in [0.25, 0.3) is 0 Å². The van der Waals surface area contributed by atoms with E-state index in [1.807, 2.05) is 28.4 Å². The minimum atomic E-state index is -0.165. The molecule has 4 unspecified atom stereocenters. The van der Waals surface area contributed by atoms with Crippen molar-refractivity contribution in [2.24, 2.45) is 0 Å². The first kappa shape index (κ1) is 70.4. The Kier molecular flexibility index (Phi) is 23.7. The number of rotatable bonds is 28. The zero-order valence-corrected chi connectivity index (χ0v) is 61.0. The van der Waals surface area contributed by atoms with Gasteiger partial charge < -0.3 is 37.9 Å². The van der Waals surface area contributed by atoms with Crippen LogP contribution < -0.4 is 37.9 Å². The van der Waals surface area contributed by atoms with E-state index in [0.29, 0.717) is 53.1 Å². The Balaban J connectivity index is 1.16. The average Bonchev–Trinajstić information content (AvgIpc) is 0.722. The molecule has 4 atom stereocenters. The fourth-order valence-corrected chi connectivity index (χ4v) is 17.1. The molecule has 100 heavy (non-hydrogen) atoms. The average molecular weight is 1350 g/mol. The molecule has 0 radical (unpaired) electrons. The van der Waals surface area contributed by atoms with Crippen molar-refractivity contribution in [1.29, 1.82) is 0 Å². The first-order valence-corrected chi connectivity index (χ1v) is 37.8. The summed E-state index contributed by atoms with van der Waals surface area (Å²) in [5.74, 6) is 6.58. The van der Waals surface area contributed by atoms with Gasteiger partial charge in [-0.25, -0.2) is 0 Å². The molecule has 0 N–H and O–H groups in total. The number of hydrogen-bond donors (Lipinski definition) is 0. The quantitative estimate of drug-likeness (QED) is 0.0438. The van der Waals surface area contributed by atoms with E-state index in [1.165, 1.54) is 66.8 Å². The Morgan fingerprint density at radius 2 is 0.500 bits per heavy atom. The third-order valence-electron chi connectivity index (χ3n) is 21.8. The van der Waals surface area contributed by atoms with Crippen molar-refractivity contribution in [3.63, 3.8) is 0 Å². The summed E-state index contributed by atoms with van der Waals surface area (Å²) in [6, 6.07) is 53.6. The number of ether oxygens (including phenoxy) is 8. The lowest BCUT2D eigenvalue weighted by Gasteiger charge is -2.39. The lowest BCUT2D eigenvalue weighted by molar-refractivity contribution is 0.0840. The summed E-state index contributed by atoms with van der Waals surface area (Å²) in [7, 11) is 7.57. The maximum Gasteiger partial charge on any atom is 0.142 e. The third-order valence-corrected chi connectivity index (χ3v) is 21.8. The second-order valence-corrected chi connectivity index (χ2v) is 28.8. The van der Waals surface area contributed by atoms with Gasteiger partial charge in [0.25, 0.3) is 0 Å². The van der Waals surface area contributed by atoms with Gasteiger partial charge in [-0.05, 0) is 72.2 Å². The Labute approximate surface area is 596 Å². The smallest absolute Gasteiger partial charge is 0.142 e. The molecule has 4 heterocycles. The second-order valence-electron chi connectivity index (χ2n) is 28.8. The number of nitrogens with zero attached hydrogens (tertiary/aromatic N) is 4. The molecule has 12 nitrogen and oxygen atoms in total. The molecule has 12 heteroatoms. The molecule has 13 rings (SSSR count). The fraction of sp³-hybridized carbons (Fsp3) is 0.455. The molecule has 5 aliphatic rings. The van der Waals surface area contributed by atoms with Crippen LogP contribution in [0.3, 0.4) is 0 Å². The standard InChI is InChI=1S/C88H108N4O8/c1-9-13-21-41-65-69-45-74(86-77(81(69)93-5)53-89(58-98-86)49-61-33-25-17-26-34-61)67(43-23-15-11-3)71-47-76(88-79(83(71)95-7)55-91(60-100-88)51-63-37-29-19-30-38-63)68(44-24-16-12-4)72-48-75(87-80(84(72)96-8)56-92(59-99-87)52-64-39-31-20-32-40-64)66(42-22-14-10-2)70-46-73(65)85-78(82(70)94-6)54-90(57-97-85)50-62-35-27-18-28-36-62/h17-20,25-40,45-48,65-68H,9-16,21-24,41-44,49-60H2,1-8H3. The van der Waals surface area contributed by atoms with Gasteiger partial charge in [0.1, 0.15) is 72.9 Å². The molecule has 0 fully saturated rings. The van der Waals surface area contributed by atoms with Gasteiger partial charge in [0.05, 0.1) is 50.7 Å². The largest absolute Gasteiger partial charge is 0.496 e. The van der Waals surface area contributed by atoms with Crippen molar-refractivity contribution >= 4 is 0 Å². The molecule has 0 aromatic heterocycles. The zero-order chi connectivity index (χ0) is 68.9. The van der Waals surface area contributed by atoms with Crippen molar-refractivity contribution in [2.75, 3.05) is 55.4 Å². The lowest BCUT2D eigenvalue weighted by Crippen LogP contribution is -2.34. The number of fused-ring (bicyclic) bond motifs is 16. The summed E-state index contributed by atoms with van der Waals surface area (Å²) in [5, 5.41) is 0. The van der Waals surface area contributed by atoms with Gasteiger partial charge in [-0.3, -0.25) is 19.6 Å². The predicted molar refractivity (Wildman–Crippen MR) is 401 cm³/mol. The Morgan fingerprint density at radius 3 is 0.690 bits per heavy atom. The molecule has 0 spiro atoms. The molecule has 528 valence electrons. The molecular weight excluding hydrogens is 1240 g/mol. The maximum absolute atomic E-state index is 7.50. The third kappa shape index (κ3) is 15.3. The van der Waals surface area contributed by atoms with Crippen LogP contribution in [-0.4, -0.2) is 75.0 Å². The van der Waals surface area contributed by atoms with Crippen LogP contribution in [-0.2, 0) is 52.4 Å². The van der Waals surface area contributed by atoms with Crippen LogP contribution in [0.15, 0.2) is 146 Å². The molecule has 8 bridgehead atoms. The monoisotopic (exact) mass is 1350 g/mol. The van der Waals surface area contributed by atoms with E-state index >= 15 is 0 Å². The number of unbranched alkanes of at least 4 members (excludes halogenated alkanes) is 8. The molecule has 0 amide bonds. The summed E-state index contributed by atoms with van der Waals surface area (Å²) in [5.41, 5.74) is 18.7. The lowest BCUT2D eigenvalue weighted by atomic mass is 9.74. The summed E-state index contributed by atoms with van der Waals surface area (Å²) in [6.45, 7) is 16.5. The molecule has 8 aromatic rings. The predicted octanol–water partition coefficient (Wildman–Crippen LogP) is 20.3. The second kappa shape index (κ2) is 33.7. The molecular formula is C88H108N4O8. The van der Waals surface area contributed by atoms with Gasteiger partial charge in [-0.1, -0.05) is 226 Å². The van der Waals surface area contributed by atoms with E-state index in [-0.39, 0.29) is 23.7 Å².